The average molecular weight is 288 g/mol. The molecule has 1 aromatic heterocycles. The van der Waals surface area contributed by atoms with Crippen molar-refractivity contribution in [3.05, 3.63) is 36.0 Å². The molecule has 0 amide bonds. The number of benzene rings is 1. The van der Waals surface area contributed by atoms with Crippen LogP contribution in [0.2, 0.25) is 0 Å². The first kappa shape index (κ1) is 15.7. The lowest BCUT2D eigenvalue weighted by molar-refractivity contribution is 0.144. The Balaban J connectivity index is 1.77. The number of ether oxygens (including phenoxy) is 2. The van der Waals surface area contributed by atoms with Gasteiger partial charge in [-0.1, -0.05) is 18.2 Å². The third kappa shape index (κ3) is 4.99. The van der Waals surface area contributed by atoms with Gasteiger partial charge in [-0.25, -0.2) is 4.98 Å². The molecule has 0 aliphatic carbocycles. The molecule has 1 heterocycles. The van der Waals surface area contributed by atoms with E-state index in [4.69, 9.17) is 9.47 Å². The smallest absolute Gasteiger partial charge is 0.145 e. The van der Waals surface area contributed by atoms with Gasteiger partial charge in [-0.15, -0.1) is 0 Å². The fourth-order valence-electron chi connectivity index (χ4n) is 2.14. The number of aryl methyl sites for hydroxylation is 1. The highest BCUT2D eigenvalue weighted by Crippen LogP contribution is 2.23. The molecule has 21 heavy (non-hydrogen) atoms. The third-order valence-corrected chi connectivity index (χ3v) is 3.21. The van der Waals surface area contributed by atoms with Crippen LogP contribution in [-0.2, 0) is 4.74 Å². The van der Waals surface area contributed by atoms with Gasteiger partial charge in [0.25, 0.3) is 0 Å². The molecule has 4 heteroatoms. The zero-order valence-electron chi connectivity index (χ0n) is 12.9. The molecule has 0 aliphatic heterocycles. The Bertz CT molecular complexity index is 557. The van der Waals surface area contributed by atoms with Gasteiger partial charge in [0.05, 0.1) is 0 Å². The van der Waals surface area contributed by atoms with Crippen molar-refractivity contribution in [1.29, 1.82) is 0 Å². The second-order valence-corrected chi connectivity index (χ2v) is 4.93. The molecule has 0 aliphatic rings. The molecule has 0 saturated carbocycles. The number of nitrogens with one attached hydrogen (secondary N) is 1. The normalized spacial score (nSPS) is 11.0. The van der Waals surface area contributed by atoms with E-state index in [1.54, 1.807) is 0 Å². The van der Waals surface area contributed by atoms with Gasteiger partial charge in [-0.3, -0.25) is 0 Å². The maximum atomic E-state index is 5.85. The second kappa shape index (κ2) is 8.60. The maximum Gasteiger partial charge on any atom is 0.145 e. The molecule has 4 nitrogen and oxygen atoms in total. The Hall–Kier alpha value is -1.65. The number of nitrogens with zero attached hydrogens (tertiary/aromatic N) is 1. The van der Waals surface area contributed by atoms with E-state index in [0.717, 1.165) is 55.1 Å². The number of fused-ring (bicyclic) bond motifs is 1. The molecule has 0 atom stereocenters. The number of aromatic nitrogens is 1. The van der Waals surface area contributed by atoms with Crippen LogP contribution in [0, 0.1) is 6.92 Å². The quantitative estimate of drug-likeness (QED) is 0.721. The Morgan fingerprint density at radius 3 is 2.86 bits per heavy atom. The Morgan fingerprint density at radius 1 is 1.10 bits per heavy atom. The lowest BCUT2D eigenvalue weighted by Gasteiger charge is -2.10. The van der Waals surface area contributed by atoms with Crippen LogP contribution in [0.3, 0.4) is 0 Å². The SMILES string of the molecule is CCOCCCNCCOc1cccc2ccc(C)nc12. The van der Waals surface area contributed by atoms with E-state index in [2.05, 4.69) is 22.4 Å². The van der Waals surface area contributed by atoms with E-state index in [-0.39, 0.29) is 0 Å². The monoisotopic (exact) mass is 288 g/mol. The minimum Gasteiger partial charge on any atom is -0.490 e. The van der Waals surface area contributed by atoms with Crippen LogP contribution in [0.4, 0.5) is 0 Å². The lowest BCUT2D eigenvalue weighted by Crippen LogP contribution is -2.23. The first-order chi connectivity index (χ1) is 10.3. The molecule has 2 aromatic rings. The van der Waals surface area contributed by atoms with E-state index in [0.29, 0.717) is 6.61 Å². The summed E-state index contributed by atoms with van der Waals surface area (Å²) in [5.74, 6) is 0.854. The predicted molar refractivity (Wildman–Crippen MR) is 86.0 cm³/mol. The van der Waals surface area contributed by atoms with Gasteiger partial charge < -0.3 is 14.8 Å². The average Bonchev–Trinajstić information content (AvgIpc) is 2.50. The first-order valence-electron chi connectivity index (χ1n) is 7.59. The number of pyridine rings is 1. The third-order valence-electron chi connectivity index (χ3n) is 3.21. The maximum absolute atomic E-state index is 5.85. The van der Waals surface area contributed by atoms with Crippen LogP contribution in [0.1, 0.15) is 19.0 Å². The molecule has 0 spiro atoms. The summed E-state index contributed by atoms with van der Waals surface area (Å²) in [5, 5.41) is 4.46. The van der Waals surface area contributed by atoms with Crippen molar-refractivity contribution in [3.63, 3.8) is 0 Å². The Kier molecular flexibility index (Phi) is 6.44. The number of hydrogen-bond acceptors (Lipinski definition) is 4. The molecule has 0 radical (unpaired) electrons. The van der Waals surface area contributed by atoms with Crippen LogP contribution >= 0.6 is 0 Å². The van der Waals surface area contributed by atoms with E-state index >= 15 is 0 Å². The van der Waals surface area contributed by atoms with Gasteiger partial charge >= 0.3 is 0 Å². The minimum absolute atomic E-state index is 0.642. The van der Waals surface area contributed by atoms with Crippen LogP contribution < -0.4 is 10.1 Å². The first-order valence-corrected chi connectivity index (χ1v) is 7.59. The summed E-state index contributed by atoms with van der Waals surface area (Å²) in [5.41, 5.74) is 1.95. The summed E-state index contributed by atoms with van der Waals surface area (Å²) < 4.78 is 11.1. The molecule has 0 unspecified atom stereocenters. The summed E-state index contributed by atoms with van der Waals surface area (Å²) in [6.45, 7) is 8.04. The molecule has 0 fully saturated rings. The van der Waals surface area contributed by atoms with Crippen LogP contribution in [0.5, 0.6) is 5.75 Å². The van der Waals surface area contributed by atoms with Crippen molar-refractivity contribution >= 4 is 10.9 Å². The Morgan fingerprint density at radius 2 is 2.00 bits per heavy atom. The van der Waals surface area contributed by atoms with E-state index in [1.807, 2.05) is 32.0 Å². The molecular weight excluding hydrogens is 264 g/mol. The molecule has 114 valence electrons. The topological polar surface area (TPSA) is 43.4 Å². The van der Waals surface area contributed by atoms with Crippen molar-refractivity contribution < 1.29 is 9.47 Å². The van der Waals surface area contributed by atoms with Gasteiger partial charge in [0.2, 0.25) is 0 Å². The standard InChI is InChI=1S/C17H24N2O2/c1-3-20-12-5-10-18-11-13-21-16-7-4-6-15-9-8-14(2)19-17(15)16/h4,6-9,18H,3,5,10-13H2,1-2H3. The summed E-state index contributed by atoms with van der Waals surface area (Å²) >= 11 is 0. The molecule has 0 saturated heterocycles. The van der Waals surface area contributed by atoms with Crippen molar-refractivity contribution in [3.8, 4) is 5.75 Å². The predicted octanol–water partition coefficient (Wildman–Crippen LogP) is 2.94. The summed E-state index contributed by atoms with van der Waals surface area (Å²) in [6.07, 6.45) is 1.03. The largest absolute Gasteiger partial charge is 0.490 e. The lowest BCUT2D eigenvalue weighted by atomic mass is 10.2. The fourth-order valence-corrected chi connectivity index (χ4v) is 2.14. The molecular formula is C17H24N2O2. The minimum atomic E-state index is 0.642. The molecule has 1 N–H and O–H groups in total. The van der Waals surface area contributed by atoms with E-state index in [9.17, 15) is 0 Å². The van der Waals surface area contributed by atoms with Gasteiger partial charge in [0.1, 0.15) is 17.9 Å². The number of rotatable bonds is 9. The second-order valence-electron chi connectivity index (χ2n) is 4.93. The van der Waals surface area contributed by atoms with Crippen molar-refractivity contribution in [1.82, 2.24) is 10.3 Å². The van der Waals surface area contributed by atoms with Crippen molar-refractivity contribution in [2.24, 2.45) is 0 Å². The van der Waals surface area contributed by atoms with Gasteiger partial charge in [0.15, 0.2) is 0 Å². The zero-order chi connectivity index (χ0) is 14.9. The van der Waals surface area contributed by atoms with Crippen molar-refractivity contribution in [2.75, 3.05) is 32.9 Å². The Labute approximate surface area is 126 Å². The number of hydrogen-bond donors (Lipinski definition) is 1. The van der Waals surface area contributed by atoms with Crippen LogP contribution in [-0.4, -0.2) is 37.9 Å². The molecule has 1 aromatic carbocycles. The van der Waals surface area contributed by atoms with Crippen LogP contribution in [0.15, 0.2) is 30.3 Å². The van der Waals surface area contributed by atoms with Crippen LogP contribution in [0.25, 0.3) is 10.9 Å². The highest BCUT2D eigenvalue weighted by Gasteiger charge is 2.03. The van der Waals surface area contributed by atoms with E-state index < -0.39 is 0 Å². The zero-order valence-corrected chi connectivity index (χ0v) is 12.9. The fraction of sp³-hybridized carbons (Fsp3) is 0.471. The van der Waals surface area contributed by atoms with Gasteiger partial charge in [-0.05, 0) is 38.9 Å². The highest BCUT2D eigenvalue weighted by atomic mass is 16.5. The summed E-state index contributed by atoms with van der Waals surface area (Å²) in [6, 6.07) is 10.1. The van der Waals surface area contributed by atoms with Gasteiger partial charge in [0, 0.05) is 30.8 Å². The highest BCUT2D eigenvalue weighted by molar-refractivity contribution is 5.84. The van der Waals surface area contributed by atoms with Gasteiger partial charge in [-0.2, -0.15) is 0 Å². The molecule has 0 bridgehead atoms. The molecule has 2 rings (SSSR count). The van der Waals surface area contributed by atoms with E-state index in [1.165, 1.54) is 0 Å². The van der Waals surface area contributed by atoms with Crippen molar-refractivity contribution in [2.45, 2.75) is 20.3 Å². The summed E-state index contributed by atoms with van der Waals surface area (Å²) in [7, 11) is 0. The number of para-hydroxylation sites is 1. The summed E-state index contributed by atoms with van der Waals surface area (Å²) in [4.78, 5) is 4.56.